The average Bonchev–Trinajstić information content (AvgIpc) is 3.05. The molecule has 0 fully saturated rings. The number of hydrazine groups is 1. The minimum Gasteiger partial charge on any atom is -0.484 e. The number of nitrogens with one attached hydrogen (secondary N) is 3. The molecule has 0 saturated carbocycles. The van der Waals surface area contributed by atoms with E-state index < -0.39 is 16.7 Å². The minimum absolute atomic E-state index is 0.0360. The first-order chi connectivity index (χ1) is 12.3. The van der Waals surface area contributed by atoms with Crippen molar-refractivity contribution >= 4 is 50.8 Å². The van der Waals surface area contributed by atoms with Crippen LogP contribution in [0.25, 0.3) is 0 Å². The van der Waals surface area contributed by atoms with Crippen molar-refractivity contribution < 1.29 is 23.7 Å². The molecule has 0 spiro atoms. The first kappa shape index (κ1) is 19.3. The summed E-state index contributed by atoms with van der Waals surface area (Å²) in [7, 11) is 0. The quantitative estimate of drug-likeness (QED) is 0.361. The lowest BCUT2D eigenvalue weighted by molar-refractivity contribution is -0.384. The van der Waals surface area contributed by atoms with Gasteiger partial charge < -0.3 is 9.15 Å². The summed E-state index contributed by atoms with van der Waals surface area (Å²) in [6, 6.07) is 8.23. The number of rotatable bonds is 5. The molecule has 12 heteroatoms. The number of nitro benzene ring substituents is 1. The number of non-ortho nitro benzene ring substituents is 1. The molecule has 10 nitrogen and oxygen atoms in total. The van der Waals surface area contributed by atoms with Crippen LogP contribution in [0.4, 0.5) is 5.69 Å². The number of carbonyl (C=O) groups is 2. The van der Waals surface area contributed by atoms with Crippen molar-refractivity contribution in [1.29, 1.82) is 0 Å². The van der Waals surface area contributed by atoms with Gasteiger partial charge in [-0.25, -0.2) is 0 Å². The number of halogens is 1. The van der Waals surface area contributed by atoms with Gasteiger partial charge in [-0.3, -0.25) is 35.9 Å². The minimum atomic E-state index is -0.593. The summed E-state index contributed by atoms with van der Waals surface area (Å²) >= 11 is 7.92. The van der Waals surface area contributed by atoms with Gasteiger partial charge in [-0.1, -0.05) is 0 Å². The first-order valence-electron chi connectivity index (χ1n) is 6.88. The molecule has 0 bridgehead atoms. The van der Waals surface area contributed by atoms with E-state index in [2.05, 4.69) is 32.1 Å². The van der Waals surface area contributed by atoms with Gasteiger partial charge in [-0.2, -0.15) is 0 Å². The average molecular weight is 443 g/mol. The number of nitrogens with zero attached hydrogens (tertiary/aromatic N) is 1. The van der Waals surface area contributed by atoms with Crippen LogP contribution < -0.4 is 20.9 Å². The summed E-state index contributed by atoms with van der Waals surface area (Å²) < 4.78 is 10.6. The number of hydrogen-bond acceptors (Lipinski definition) is 7. The van der Waals surface area contributed by atoms with Crippen molar-refractivity contribution in [2.24, 2.45) is 0 Å². The fraction of sp³-hybridized carbons (Fsp3) is 0.0714. The molecule has 1 heterocycles. The Kier molecular flexibility index (Phi) is 6.63. The Labute approximate surface area is 160 Å². The van der Waals surface area contributed by atoms with Crippen molar-refractivity contribution in [3.63, 3.8) is 0 Å². The summed E-state index contributed by atoms with van der Waals surface area (Å²) in [5.41, 5.74) is 4.46. The molecular formula is C14H11BrN4O6S. The molecule has 2 amide bonds. The van der Waals surface area contributed by atoms with E-state index in [4.69, 9.17) is 21.4 Å². The predicted octanol–water partition coefficient (Wildman–Crippen LogP) is 1.66. The van der Waals surface area contributed by atoms with Crippen LogP contribution in [0.15, 0.2) is 45.5 Å². The number of hydrogen-bond donors (Lipinski definition) is 3. The highest BCUT2D eigenvalue weighted by atomic mass is 79.9. The van der Waals surface area contributed by atoms with Crippen LogP contribution >= 0.6 is 28.1 Å². The fourth-order valence-electron chi connectivity index (χ4n) is 1.61. The summed E-state index contributed by atoms with van der Waals surface area (Å²) in [5.74, 6) is -0.857. The molecule has 0 saturated heterocycles. The third kappa shape index (κ3) is 5.82. The van der Waals surface area contributed by atoms with E-state index in [1.54, 1.807) is 6.07 Å². The van der Waals surface area contributed by atoms with Crippen LogP contribution in [0.2, 0.25) is 0 Å². The number of thiocarbonyl (C=S) groups is 1. The maximum atomic E-state index is 11.8. The van der Waals surface area contributed by atoms with E-state index in [0.29, 0.717) is 4.67 Å². The normalized spacial score (nSPS) is 9.88. The highest BCUT2D eigenvalue weighted by Crippen LogP contribution is 2.17. The van der Waals surface area contributed by atoms with E-state index in [1.165, 1.54) is 30.3 Å². The van der Waals surface area contributed by atoms with E-state index in [-0.39, 0.29) is 28.9 Å². The molecule has 2 aromatic rings. The van der Waals surface area contributed by atoms with Crippen LogP contribution in [0, 0.1) is 10.1 Å². The summed E-state index contributed by atoms with van der Waals surface area (Å²) in [5, 5.41) is 12.7. The molecule has 1 aromatic carbocycles. The number of nitro groups is 1. The van der Waals surface area contributed by atoms with E-state index in [0.717, 1.165) is 0 Å². The number of amides is 2. The molecule has 0 unspecified atom stereocenters. The zero-order chi connectivity index (χ0) is 19.1. The first-order valence-corrected chi connectivity index (χ1v) is 8.08. The number of carbonyl (C=O) groups excluding carboxylic acids is 2. The second-order valence-corrected chi connectivity index (χ2v) is 5.79. The van der Waals surface area contributed by atoms with Gasteiger partial charge in [0.05, 0.1) is 4.92 Å². The zero-order valence-electron chi connectivity index (χ0n) is 12.9. The lowest BCUT2D eigenvalue weighted by Crippen LogP contribution is -2.49. The predicted molar refractivity (Wildman–Crippen MR) is 96.3 cm³/mol. The lowest BCUT2D eigenvalue weighted by Gasteiger charge is -2.10. The molecule has 0 aliphatic heterocycles. The molecule has 0 radical (unpaired) electrons. The molecule has 3 N–H and O–H groups in total. The Morgan fingerprint density at radius 3 is 2.46 bits per heavy atom. The Balaban J connectivity index is 1.71. The highest BCUT2D eigenvalue weighted by Gasteiger charge is 2.12. The van der Waals surface area contributed by atoms with Gasteiger partial charge >= 0.3 is 0 Å². The Bertz CT molecular complexity index is 838. The zero-order valence-corrected chi connectivity index (χ0v) is 15.3. The number of ether oxygens (including phenoxy) is 1. The van der Waals surface area contributed by atoms with Crippen molar-refractivity contribution in [2.45, 2.75) is 0 Å². The van der Waals surface area contributed by atoms with Gasteiger partial charge in [0.25, 0.3) is 17.5 Å². The van der Waals surface area contributed by atoms with Crippen LogP contribution in [0.1, 0.15) is 10.6 Å². The molecule has 1 aromatic heterocycles. The molecule has 136 valence electrons. The Hall–Kier alpha value is -2.99. The standard InChI is InChI=1S/C14H11BrN4O6S/c15-11-6-5-10(25-11)13(21)16-14(26)18-17-12(20)7-24-9-3-1-8(2-4-9)19(22)23/h1-6H,7H2,(H,17,20)(H2,16,18,21,26). The van der Waals surface area contributed by atoms with Gasteiger partial charge in [-0.15, -0.1) is 0 Å². The number of benzene rings is 1. The lowest BCUT2D eigenvalue weighted by atomic mass is 10.3. The molecular weight excluding hydrogens is 432 g/mol. The highest BCUT2D eigenvalue weighted by molar-refractivity contribution is 9.10. The molecule has 0 aliphatic carbocycles. The second-order valence-electron chi connectivity index (χ2n) is 4.60. The summed E-state index contributed by atoms with van der Waals surface area (Å²) in [6.45, 7) is -0.369. The van der Waals surface area contributed by atoms with E-state index in [9.17, 15) is 19.7 Å². The molecule has 0 aliphatic rings. The maximum absolute atomic E-state index is 11.8. The maximum Gasteiger partial charge on any atom is 0.293 e. The van der Waals surface area contributed by atoms with Crippen molar-refractivity contribution in [2.75, 3.05) is 6.61 Å². The van der Waals surface area contributed by atoms with Crippen LogP contribution in [-0.2, 0) is 4.79 Å². The molecule has 26 heavy (non-hydrogen) atoms. The second kappa shape index (κ2) is 8.92. The van der Waals surface area contributed by atoms with Gasteiger partial charge in [-0.05, 0) is 52.4 Å². The van der Waals surface area contributed by atoms with Crippen molar-refractivity contribution in [3.8, 4) is 5.75 Å². The molecule has 2 rings (SSSR count). The number of furan rings is 1. The fourth-order valence-corrected chi connectivity index (χ4v) is 2.06. The largest absolute Gasteiger partial charge is 0.484 e. The van der Waals surface area contributed by atoms with Gasteiger partial charge in [0.15, 0.2) is 22.1 Å². The topological polar surface area (TPSA) is 136 Å². The van der Waals surface area contributed by atoms with Crippen LogP contribution in [-0.4, -0.2) is 28.5 Å². The Morgan fingerprint density at radius 2 is 1.88 bits per heavy atom. The van der Waals surface area contributed by atoms with Gasteiger partial charge in [0.2, 0.25) is 0 Å². The smallest absolute Gasteiger partial charge is 0.293 e. The van der Waals surface area contributed by atoms with E-state index >= 15 is 0 Å². The van der Waals surface area contributed by atoms with Crippen molar-refractivity contribution in [3.05, 3.63) is 56.9 Å². The molecule has 0 atom stereocenters. The monoisotopic (exact) mass is 442 g/mol. The third-order valence-electron chi connectivity index (χ3n) is 2.76. The van der Waals surface area contributed by atoms with Gasteiger partial charge in [0.1, 0.15) is 5.75 Å². The Morgan fingerprint density at radius 1 is 1.19 bits per heavy atom. The summed E-state index contributed by atoms with van der Waals surface area (Å²) in [6.07, 6.45) is 0. The van der Waals surface area contributed by atoms with Gasteiger partial charge in [0, 0.05) is 12.1 Å². The van der Waals surface area contributed by atoms with Crippen molar-refractivity contribution in [1.82, 2.24) is 16.2 Å². The van der Waals surface area contributed by atoms with E-state index in [1.807, 2.05) is 0 Å². The van der Waals surface area contributed by atoms with Crippen LogP contribution in [0.3, 0.4) is 0 Å². The summed E-state index contributed by atoms with van der Waals surface area (Å²) in [4.78, 5) is 33.4. The third-order valence-corrected chi connectivity index (χ3v) is 3.39. The van der Waals surface area contributed by atoms with Crippen LogP contribution in [0.5, 0.6) is 5.75 Å². The SMILES string of the molecule is O=C(COc1ccc([N+](=O)[O-])cc1)NNC(=S)NC(=O)c1ccc(Br)o1.